The zero-order valence-electron chi connectivity index (χ0n) is 9.26. The number of aliphatic carboxylic acids is 1. The summed E-state index contributed by atoms with van der Waals surface area (Å²) >= 11 is 0. The van der Waals surface area contributed by atoms with E-state index in [-0.39, 0.29) is 0 Å². The molecule has 0 aliphatic carbocycles. The van der Waals surface area contributed by atoms with Gasteiger partial charge in [-0.05, 0) is 25.0 Å². The Morgan fingerprint density at radius 3 is 3.06 bits per heavy atom. The molecular weight excluding hydrogens is 202 g/mol. The number of benzene rings is 1. The molecule has 84 valence electrons. The molecule has 1 atom stereocenters. The van der Waals surface area contributed by atoms with Gasteiger partial charge in [0.25, 0.3) is 0 Å². The molecule has 16 heavy (non-hydrogen) atoms. The molecule has 3 heteroatoms. The summed E-state index contributed by atoms with van der Waals surface area (Å²) in [5, 5.41) is 8.54. The summed E-state index contributed by atoms with van der Waals surface area (Å²) in [6.45, 7) is 2.82. The van der Waals surface area contributed by atoms with Gasteiger partial charge in [0.2, 0.25) is 0 Å². The highest BCUT2D eigenvalue weighted by Gasteiger charge is 2.23. The highest BCUT2D eigenvalue weighted by molar-refractivity contribution is 5.79. The van der Waals surface area contributed by atoms with Crippen LogP contribution in [0.4, 0.5) is 5.69 Å². The maximum absolute atomic E-state index is 10.4. The van der Waals surface area contributed by atoms with Crippen LogP contribution in [0, 0.1) is 0 Å². The predicted molar refractivity (Wildman–Crippen MR) is 63.7 cm³/mol. The molecule has 0 aromatic heterocycles. The van der Waals surface area contributed by atoms with Gasteiger partial charge in [0, 0.05) is 24.4 Å². The van der Waals surface area contributed by atoms with Gasteiger partial charge >= 0.3 is 5.97 Å². The van der Waals surface area contributed by atoms with Crippen molar-refractivity contribution >= 4 is 11.7 Å². The molecule has 1 aliphatic rings. The van der Waals surface area contributed by atoms with Crippen molar-refractivity contribution in [2.24, 2.45) is 0 Å². The van der Waals surface area contributed by atoms with E-state index in [1.165, 1.54) is 17.3 Å². The van der Waals surface area contributed by atoms with E-state index in [0.717, 1.165) is 6.42 Å². The number of nitrogens with zero attached hydrogens (tertiary/aromatic N) is 1. The second-order valence-corrected chi connectivity index (χ2v) is 4.07. The van der Waals surface area contributed by atoms with Gasteiger partial charge in [-0.15, -0.1) is 0 Å². The van der Waals surface area contributed by atoms with Crippen LogP contribution < -0.4 is 4.90 Å². The fourth-order valence-electron chi connectivity index (χ4n) is 2.17. The minimum atomic E-state index is -0.889. The number of para-hydroxylation sites is 1. The molecule has 1 unspecified atom stereocenters. The summed E-state index contributed by atoms with van der Waals surface area (Å²) in [4.78, 5) is 12.6. The zero-order valence-corrected chi connectivity index (χ0v) is 9.26. The first kappa shape index (κ1) is 10.7. The Kier molecular flexibility index (Phi) is 2.95. The molecule has 2 rings (SSSR count). The fourth-order valence-corrected chi connectivity index (χ4v) is 2.17. The van der Waals surface area contributed by atoms with E-state index >= 15 is 0 Å². The molecule has 0 amide bonds. The van der Waals surface area contributed by atoms with Gasteiger partial charge in [-0.1, -0.05) is 24.3 Å². The Labute approximate surface area is 95.0 Å². The van der Waals surface area contributed by atoms with Gasteiger partial charge in [-0.3, -0.25) is 0 Å². The van der Waals surface area contributed by atoms with Crippen LogP contribution in [0.15, 0.2) is 36.4 Å². The molecule has 1 aliphatic heterocycles. The van der Waals surface area contributed by atoms with Crippen LogP contribution >= 0.6 is 0 Å². The number of carbonyl (C=O) groups is 1. The predicted octanol–water partition coefficient (Wildman–Crippen LogP) is 2.08. The Bertz CT molecular complexity index is 426. The standard InChI is InChI=1S/C13H15NO2/c1-10-9-11-5-2-3-6-12(11)14(10)8-4-7-13(15)16/h2-7,10H,8-9H2,1H3,(H,15,16). The lowest BCUT2D eigenvalue weighted by molar-refractivity contribution is -0.131. The second kappa shape index (κ2) is 4.39. The van der Waals surface area contributed by atoms with Crippen LogP contribution in [0.25, 0.3) is 0 Å². The summed E-state index contributed by atoms with van der Waals surface area (Å²) in [6, 6.07) is 8.73. The van der Waals surface area contributed by atoms with Crippen molar-refractivity contribution in [3.8, 4) is 0 Å². The lowest BCUT2D eigenvalue weighted by atomic mass is 10.1. The van der Waals surface area contributed by atoms with E-state index in [9.17, 15) is 4.79 Å². The molecule has 0 spiro atoms. The number of anilines is 1. The van der Waals surface area contributed by atoms with Crippen molar-refractivity contribution in [2.75, 3.05) is 11.4 Å². The van der Waals surface area contributed by atoms with Crippen molar-refractivity contribution in [3.63, 3.8) is 0 Å². The van der Waals surface area contributed by atoms with Gasteiger partial charge in [-0.25, -0.2) is 4.79 Å². The number of hydrogen-bond acceptors (Lipinski definition) is 2. The van der Waals surface area contributed by atoms with E-state index < -0.39 is 5.97 Å². The van der Waals surface area contributed by atoms with Crippen molar-refractivity contribution < 1.29 is 9.90 Å². The van der Waals surface area contributed by atoms with Gasteiger partial charge in [-0.2, -0.15) is 0 Å². The molecule has 1 aromatic carbocycles. The summed E-state index contributed by atoms with van der Waals surface area (Å²) in [6.07, 6.45) is 3.94. The average molecular weight is 217 g/mol. The maximum atomic E-state index is 10.4. The van der Waals surface area contributed by atoms with Crippen LogP contribution in [-0.4, -0.2) is 23.7 Å². The monoisotopic (exact) mass is 217 g/mol. The normalized spacial score (nSPS) is 19.1. The van der Waals surface area contributed by atoms with Crippen molar-refractivity contribution in [3.05, 3.63) is 42.0 Å². The Morgan fingerprint density at radius 2 is 2.31 bits per heavy atom. The molecule has 1 aromatic rings. The maximum Gasteiger partial charge on any atom is 0.328 e. The first-order valence-electron chi connectivity index (χ1n) is 5.42. The zero-order chi connectivity index (χ0) is 11.5. The van der Waals surface area contributed by atoms with Crippen LogP contribution in [-0.2, 0) is 11.2 Å². The molecule has 1 heterocycles. The minimum absolute atomic E-state index is 0.441. The Hall–Kier alpha value is -1.77. The van der Waals surface area contributed by atoms with E-state index in [0.29, 0.717) is 12.6 Å². The van der Waals surface area contributed by atoms with Crippen LogP contribution in [0.5, 0.6) is 0 Å². The van der Waals surface area contributed by atoms with Gasteiger partial charge in [0.15, 0.2) is 0 Å². The quantitative estimate of drug-likeness (QED) is 0.788. The highest BCUT2D eigenvalue weighted by atomic mass is 16.4. The molecule has 0 bridgehead atoms. The fraction of sp³-hybridized carbons (Fsp3) is 0.308. The summed E-state index contributed by atoms with van der Waals surface area (Å²) in [5.74, 6) is -0.889. The third kappa shape index (κ3) is 2.08. The highest BCUT2D eigenvalue weighted by Crippen LogP contribution is 2.31. The van der Waals surface area contributed by atoms with Crippen molar-refractivity contribution in [1.82, 2.24) is 0 Å². The first-order valence-corrected chi connectivity index (χ1v) is 5.42. The second-order valence-electron chi connectivity index (χ2n) is 4.07. The van der Waals surface area contributed by atoms with E-state index in [1.54, 1.807) is 6.08 Å². The SMILES string of the molecule is CC1Cc2ccccc2N1CC=CC(=O)O. The lowest BCUT2D eigenvalue weighted by Crippen LogP contribution is -2.29. The third-order valence-corrected chi connectivity index (χ3v) is 2.91. The lowest BCUT2D eigenvalue weighted by Gasteiger charge is -2.22. The Balaban J connectivity index is 2.13. The number of hydrogen-bond donors (Lipinski definition) is 1. The molecule has 3 nitrogen and oxygen atoms in total. The van der Waals surface area contributed by atoms with Gasteiger partial charge in [0.1, 0.15) is 0 Å². The molecular formula is C13H15NO2. The molecule has 0 radical (unpaired) electrons. The van der Waals surface area contributed by atoms with Crippen LogP contribution in [0.3, 0.4) is 0 Å². The third-order valence-electron chi connectivity index (χ3n) is 2.91. The summed E-state index contributed by atoms with van der Waals surface area (Å²) < 4.78 is 0. The molecule has 1 N–H and O–H groups in total. The average Bonchev–Trinajstić information content (AvgIpc) is 2.55. The molecule has 0 fully saturated rings. The van der Waals surface area contributed by atoms with Crippen LogP contribution in [0.1, 0.15) is 12.5 Å². The van der Waals surface area contributed by atoms with Gasteiger partial charge in [0.05, 0.1) is 0 Å². The largest absolute Gasteiger partial charge is 0.478 e. The number of rotatable bonds is 3. The first-order chi connectivity index (χ1) is 7.68. The topological polar surface area (TPSA) is 40.5 Å². The smallest absolute Gasteiger partial charge is 0.328 e. The van der Waals surface area contributed by atoms with E-state index in [1.807, 2.05) is 12.1 Å². The Morgan fingerprint density at radius 1 is 1.56 bits per heavy atom. The minimum Gasteiger partial charge on any atom is -0.478 e. The number of carboxylic acid groups (broad SMARTS) is 1. The van der Waals surface area contributed by atoms with E-state index in [4.69, 9.17) is 5.11 Å². The molecule has 0 saturated heterocycles. The number of carboxylic acids is 1. The summed E-state index contributed by atoms with van der Waals surface area (Å²) in [7, 11) is 0. The van der Waals surface area contributed by atoms with Gasteiger partial charge < -0.3 is 10.0 Å². The van der Waals surface area contributed by atoms with E-state index in [2.05, 4.69) is 24.0 Å². The number of fused-ring (bicyclic) bond motifs is 1. The van der Waals surface area contributed by atoms with Crippen molar-refractivity contribution in [2.45, 2.75) is 19.4 Å². The van der Waals surface area contributed by atoms with Crippen molar-refractivity contribution in [1.29, 1.82) is 0 Å². The summed E-state index contributed by atoms with van der Waals surface area (Å²) in [5.41, 5.74) is 2.57. The molecule has 0 saturated carbocycles. The van der Waals surface area contributed by atoms with Crippen LogP contribution in [0.2, 0.25) is 0 Å².